The summed E-state index contributed by atoms with van der Waals surface area (Å²) in [4.78, 5) is 12.1. The Balaban J connectivity index is 2.17. The molecule has 1 N–H and O–H groups in total. The fraction of sp³-hybridized carbons (Fsp3) is 0.167. The van der Waals surface area contributed by atoms with Gasteiger partial charge in [-0.05, 0) is 48.4 Å². The average Bonchev–Trinajstić information content (AvgIpc) is 2.55. The van der Waals surface area contributed by atoms with Crippen LogP contribution in [0.25, 0.3) is 6.08 Å². The van der Waals surface area contributed by atoms with Gasteiger partial charge in [-0.3, -0.25) is 4.79 Å². The molecule has 0 saturated heterocycles. The third kappa shape index (κ3) is 4.43. The van der Waals surface area contributed by atoms with Crippen molar-refractivity contribution in [1.29, 1.82) is 0 Å². The summed E-state index contributed by atoms with van der Waals surface area (Å²) in [7, 11) is 3.04. The van der Waals surface area contributed by atoms with Crippen LogP contribution in [0.1, 0.15) is 11.1 Å². The number of hydrogen-bond acceptors (Lipinski definition) is 3. The average molecular weight is 366 g/mol. The van der Waals surface area contributed by atoms with Crippen LogP contribution in [0.3, 0.4) is 0 Å². The molecular weight excluding hydrogens is 349 g/mol. The van der Waals surface area contributed by atoms with E-state index in [2.05, 4.69) is 5.32 Å². The fourth-order valence-corrected chi connectivity index (χ4v) is 2.58. The lowest BCUT2D eigenvalue weighted by Gasteiger charge is -2.10. The van der Waals surface area contributed by atoms with E-state index in [-0.39, 0.29) is 5.91 Å². The lowest BCUT2D eigenvalue weighted by atomic mass is 10.1. The Bertz CT molecular complexity index is 788. The minimum absolute atomic E-state index is 0.272. The number of carbonyl (C=O) groups excluding carboxylic acids is 1. The number of amides is 1. The first kappa shape index (κ1) is 18.2. The zero-order valence-electron chi connectivity index (χ0n) is 13.5. The normalized spacial score (nSPS) is 10.7. The van der Waals surface area contributed by atoms with E-state index in [1.165, 1.54) is 20.3 Å². The van der Waals surface area contributed by atoms with Crippen LogP contribution in [0.4, 0.5) is 5.69 Å². The molecule has 1 amide bonds. The Morgan fingerprint density at radius 2 is 1.88 bits per heavy atom. The van der Waals surface area contributed by atoms with Crippen LogP contribution in [0.15, 0.2) is 36.4 Å². The standard InChI is InChI=1S/C18H17Cl2NO3/c1-11-4-6-13(19)10-15(11)21-17(22)7-5-12-8-14(20)18(24-3)16(9-12)23-2/h4-10H,1-3H3,(H,21,22)/b7-5+. The number of anilines is 1. The number of ether oxygens (including phenoxy) is 2. The Morgan fingerprint density at radius 3 is 2.54 bits per heavy atom. The first-order valence-corrected chi connectivity index (χ1v) is 7.87. The Hall–Kier alpha value is -2.17. The second-order valence-electron chi connectivity index (χ2n) is 5.02. The minimum atomic E-state index is -0.272. The summed E-state index contributed by atoms with van der Waals surface area (Å²) in [6.45, 7) is 1.89. The molecule has 6 heteroatoms. The summed E-state index contributed by atoms with van der Waals surface area (Å²) in [6.07, 6.45) is 3.06. The maximum atomic E-state index is 12.1. The molecule has 24 heavy (non-hydrogen) atoms. The monoisotopic (exact) mass is 365 g/mol. The second kappa shape index (κ2) is 8.08. The van der Waals surface area contributed by atoms with Crippen LogP contribution >= 0.6 is 23.2 Å². The van der Waals surface area contributed by atoms with Gasteiger partial charge in [0.2, 0.25) is 5.91 Å². The Kier molecular flexibility index (Phi) is 6.12. The highest BCUT2D eigenvalue weighted by Gasteiger charge is 2.10. The van der Waals surface area contributed by atoms with Gasteiger partial charge in [0.1, 0.15) is 0 Å². The zero-order valence-corrected chi connectivity index (χ0v) is 15.0. The fourth-order valence-electron chi connectivity index (χ4n) is 2.11. The lowest BCUT2D eigenvalue weighted by molar-refractivity contribution is -0.111. The summed E-state index contributed by atoms with van der Waals surface area (Å²) >= 11 is 12.1. The van der Waals surface area contributed by atoms with E-state index in [9.17, 15) is 4.79 Å². The molecule has 0 unspecified atom stereocenters. The summed E-state index contributed by atoms with van der Waals surface area (Å²) in [5.74, 6) is 0.678. The summed E-state index contributed by atoms with van der Waals surface area (Å²) in [5.41, 5.74) is 2.31. The summed E-state index contributed by atoms with van der Waals surface area (Å²) in [6, 6.07) is 8.75. The number of halogens is 2. The number of carbonyl (C=O) groups is 1. The highest BCUT2D eigenvalue weighted by atomic mass is 35.5. The SMILES string of the molecule is COc1cc(/C=C/C(=O)Nc2cc(Cl)ccc2C)cc(Cl)c1OC. The van der Waals surface area contributed by atoms with Crippen molar-refractivity contribution in [2.45, 2.75) is 6.92 Å². The zero-order chi connectivity index (χ0) is 17.7. The van der Waals surface area contributed by atoms with Crippen LogP contribution < -0.4 is 14.8 Å². The van der Waals surface area contributed by atoms with E-state index in [0.717, 1.165) is 11.1 Å². The van der Waals surface area contributed by atoms with Crippen LogP contribution in [-0.4, -0.2) is 20.1 Å². The predicted octanol–water partition coefficient (Wildman–Crippen LogP) is 4.97. The molecule has 2 rings (SSSR count). The van der Waals surface area contributed by atoms with E-state index in [1.807, 2.05) is 13.0 Å². The van der Waals surface area contributed by atoms with Gasteiger partial charge in [-0.1, -0.05) is 29.3 Å². The van der Waals surface area contributed by atoms with Crippen LogP contribution in [0.2, 0.25) is 10.0 Å². The van der Waals surface area contributed by atoms with E-state index in [4.69, 9.17) is 32.7 Å². The molecular formula is C18H17Cl2NO3. The molecule has 0 aliphatic carbocycles. The number of aryl methyl sites for hydroxylation is 1. The molecule has 0 saturated carbocycles. The lowest BCUT2D eigenvalue weighted by Crippen LogP contribution is -2.08. The smallest absolute Gasteiger partial charge is 0.248 e. The van der Waals surface area contributed by atoms with E-state index >= 15 is 0 Å². The van der Waals surface area contributed by atoms with Gasteiger partial charge in [0.15, 0.2) is 11.5 Å². The number of rotatable bonds is 5. The van der Waals surface area contributed by atoms with Crippen LogP contribution in [-0.2, 0) is 4.79 Å². The minimum Gasteiger partial charge on any atom is -0.493 e. The predicted molar refractivity (Wildman–Crippen MR) is 98.4 cm³/mol. The molecule has 0 bridgehead atoms. The Labute approximate surface area is 151 Å². The van der Waals surface area contributed by atoms with E-state index in [1.54, 1.807) is 30.3 Å². The summed E-state index contributed by atoms with van der Waals surface area (Å²) < 4.78 is 10.4. The van der Waals surface area contributed by atoms with Gasteiger partial charge < -0.3 is 14.8 Å². The largest absolute Gasteiger partial charge is 0.493 e. The molecule has 2 aromatic rings. The van der Waals surface area contributed by atoms with Crippen LogP contribution in [0, 0.1) is 6.92 Å². The molecule has 4 nitrogen and oxygen atoms in total. The Morgan fingerprint density at radius 1 is 1.12 bits per heavy atom. The van der Waals surface area contributed by atoms with Crippen molar-refractivity contribution in [1.82, 2.24) is 0 Å². The molecule has 0 aliphatic rings. The van der Waals surface area contributed by atoms with Crippen molar-refractivity contribution in [3.8, 4) is 11.5 Å². The highest BCUT2D eigenvalue weighted by molar-refractivity contribution is 6.32. The molecule has 126 valence electrons. The molecule has 0 fully saturated rings. The van der Waals surface area contributed by atoms with E-state index < -0.39 is 0 Å². The molecule has 0 atom stereocenters. The van der Waals surface area contributed by atoms with Gasteiger partial charge in [-0.2, -0.15) is 0 Å². The van der Waals surface area contributed by atoms with Gasteiger partial charge in [-0.15, -0.1) is 0 Å². The number of nitrogens with one attached hydrogen (secondary N) is 1. The van der Waals surface area contributed by atoms with Gasteiger partial charge in [0, 0.05) is 16.8 Å². The first-order chi connectivity index (χ1) is 11.4. The van der Waals surface area contributed by atoms with Crippen molar-refractivity contribution in [2.75, 3.05) is 19.5 Å². The quantitative estimate of drug-likeness (QED) is 0.760. The third-order valence-corrected chi connectivity index (χ3v) is 3.86. The van der Waals surface area contributed by atoms with Gasteiger partial charge >= 0.3 is 0 Å². The number of hydrogen-bond donors (Lipinski definition) is 1. The molecule has 0 aliphatic heterocycles. The van der Waals surface area contributed by atoms with Crippen molar-refractivity contribution in [3.63, 3.8) is 0 Å². The third-order valence-electron chi connectivity index (χ3n) is 3.34. The van der Waals surface area contributed by atoms with Gasteiger partial charge in [-0.25, -0.2) is 0 Å². The second-order valence-corrected chi connectivity index (χ2v) is 5.86. The topological polar surface area (TPSA) is 47.6 Å². The molecule has 0 heterocycles. The molecule has 2 aromatic carbocycles. The first-order valence-electron chi connectivity index (χ1n) is 7.11. The summed E-state index contributed by atoms with van der Waals surface area (Å²) in [5, 5.41) is 3.75. The number of benzene rings is 2. The molecule has 0 radical (unpaired) electrons. The maximum absolute atomic E-state index is 12.1. The molecule has 0 spiro atoms. The van der Waals surface area contributed by atoms with Crippen molar-refractivity contribution >= 4 is 40.9 Å². The van der Waals surface area contributed by atoms with E-state index in [0.29, 0.717) is 27.2 Å². The highest BCUT2D eigenvalue weighted by Crippen LogP contribution is 2.36. The number of methoxy groups -OCH3 is 2. The van der Waals surface area contributed by atoms with Gasteiger partial charge in [0.05, 0.1) is 19.2 Å². The van der Waals surface area contributed by atoms with Crippen molar-refractivity contribution in [2.24, 2.45) is 0 Å². The van der Waals surface area contributed by atoms with Crippen LogP contribution in [0.5, 0.6) is 11.5 Å². The van der Waals surface area contributed by atoms with Crippen molar-refractivity contribution in [3.05, 3.63) is 57.6 Å². The maximum Gasteiger partial charge on any atom is 0.248 e. The van der Waals surface area contributed by atoms with Gasteiger partial charge in [0.25, 0.3) is 0 Å². The molecule has 0 aromatic heterocycles. The van der Waals surface area contributed by atoms with Crippen molar-refractivity contribution < 1.29 is 14.3 Å².